The Kier molecular flexibility index (Phi) is 4.96. The summed E-state index contributed by atoms with van der Waals surface area (Å²) in [5, 5.41) is 12.8. The van der Waals surface area contributed by atoms with E-state index in [1.807, 2.05) is 17.0 Å². The van der Waals surface area contributed by atoms with Gasteiger partial charge in [0.1, 0.15) is 5.82 Å². The number of piperazine rings is 1. The summed E-state index contributed by atoms with van der Waals surface area (Å²) in [7, 11) is 0. The minimum Gasteiger partial charge on any atom is -0.366 e. The largest absolute Gasteiger partial charge is 0.366 e. The lowest BCUT2D eigenvalue weighted by molar-refractivity contribution is 0.0746. The second-order valence-electron chi connectivity index (χ2n) is 6.78. The van der Waals surface area contributed by atoms with Gasteiger partial charge in [0.15, 0.2) is 0 Å². The summed E-state index contributed by atoms with van der Waals surface area (Å²) < 4.78 is 19.3. The number of rotatable bonds is 3. The van der Waals surface area contributed by atoms with Gasteiger partial charge >= 0.3 is 0 Å². The van der Waals surface area contributed by atoms with E-state index in [0.29, 0.717) is 54.7 Å². The highest BCUT2D eigenvalue weighted by molar-refractivity contribution is 5.95. The zero-order valence-electron chi connectivity index (χ0n) is 15.8. The summed E-state index contributed by atoms with van der Waals surface area (Å²) >= 11 is 0. The van der Waals surface area contributed by atoms with Crippen LogP contribution in [0.15, 0.2) is 47.0 Å². The van der Waals surface area contributed by atoms with E-state index in [2.05, 4.69) is 10.1 Å². The van der Waals surface area contributed by atoms with Crippen LogP contribution in [-0.2, 0) is 0 Å². The van der Waals surface area contributed by atoms with Crippen molar-refractivity contribution in [1.29, 1.82) is 5.26 Å². The Balaban J connectivity index is 1.45. The van der Waals surface area contributed by atoms with Crippen molar-refractivity contribution in [1.82, 2.24) is 15.0 Å². The van der Waals surface area contributed by atoms with Gasteiger partial charge in [-0.2, -0.15) is 10.2 Å². The van der Waals surface area contributed by atoms with Crippen LogP contribution in [0.4, 0.5) is 10.1 Å². The maximum absolute atomic E-state index is 14.3. The average molecular weight is 391 g/mol. The molecule has 4 rings (SSSR count). The average Bonchev–Trinajstić information content (AvgIpc) is 3.20. The topological polar surface area (TPSA) is 86.3 Å². The molecule has 0 radical (unpaired) electrons. The van der Waals surface area contributed by atoms with Crippen LogP contribution in [0.25, 0.3) is 11.4 Å². The number of amides is 1. The molecule has 1 fully saturated rings. The van der Waals surface area contributed by atoms with Crippen molar-refractivity contribution < 1.29 is 13.7 Å². The second-order valence-corrected chi connectivity index (χ2v) is 6.78. The first kappa shape index (κ1) is 18.6. The minimum absolute atomic E-state index is 0.0907. The van der Waals surface area contributed by atoms with Gasteiger partial charge in [-0.05, 0) is 30.3 Å². The molecule has 0 spiro atoms. The first-order valence-electron chi connectivity index (χ1n) is 9.20. The molecular weight excluding hydrogens is 373 g/mol. The third-order valence-electron chi connectivity index (χ3n) is 4.88. The molecule has 1 aliphatic rings. The fourth-order valence-electron chi connectivity index (χ4n) is 3.37. The van der Waals surface area contributed by atoms with Gasteiger partial charge in [0, 0.05) is 44.2 Å². The van der Waals surface area contributed by atoms with Gasteiger partial charge in [-0.3, -0.25) is 4.79 Å². The molecule has 2 aromatic carbocycles. The van der Waals surface area contributed by atoms with E-state index in [0.717, 1.165) is 0 Å². The molecule has 8 heteroatoms. The first-order chi connectivity index (χ1) is 14.0. The molecule has 1 saturated heterocycles. The Morgan fingerprint density at radius 3 is 2.62 bits per heavy atom. The van der Waals surface area contributed by atoms with Gasteiger partial charge in [0.05, 0.1) is 17.3 Å². The number of anilines is 1. The van der Waals surface area contributed by atoms with Crippen molar-refractivity contribution >= 4 is 11.6 Å². The Bertz CT molecular complexity index is 1100. The summed E-state index contributed by atoms with van der Waals surface area (Å²) in [4.78, 5) is 20.7. The van der Waals surface area contributed by atoms with Gasteiger partial charge in [-0.1, -0.05) is 17.3 Å². The lowest BCUT2D eigenvalue weighted by atomic mass is 10.1. The molecule has 1 amide bonds. The van der Waals surface area contributed by atoms with Crippen LogP contribution < -0.4 is 4.90 Å². The molecule has 1 aromatic heterocycles. The first-order valence-corrected chi connectivity index (χ1v) is 9.20. The fourth-order valence-corrected chi connectivity index (χ4v) is 3.37. The highest BCUT2D eigenvalue weighted by Gasteiger charge is 2.24. The highest BCUT2D eigenvalue weighted by atomic mass is 19.1. The number of carbonyl (C=O) groups excluding carboxylic acids is 1. The van der Waals surface area contributed by atoms with Crippen molar-refractivity contribution in [3.8, 4) is 17.5 Å². The van der Waals surface area contributed by atoms with Gasteiger partial charge in [-0.15, -0.1) is 0 Å². The molecule has 3 aromatic rings. The maximum Gasteiger partial charge on any atom is 0.253 e. The molecule has 0 aliphatic carbocycles. The number of benzene rings is 2. The molecule has 0 unspecified atom stereocenters. The number of aromatic nitrogens is 2. The molecule has 0 bridgehead atoms. The van der Waals surface area contributed by atoms with Crippen LogP contribution in [0.1, 0.15) is 21.8 Å². The summed E-state index contributed by atoms with van der Waals surface area (Å²) in [6.07, 6.45) is 0. The lowest BCUT2D eigenvalue weighted by Gasteiger charge is -2.36. The summed E-state index contributed by atoms with van der Waals surface area (Å²) in [6.45, 7) is 3.69. The smallest absolute Gasteiger partial charge is 0.253 e. The third-order valence-corrected chi connectivity index (χ3v) is 4.88. The Morgan fingerprint density at radius 1 is 1.17 bits per heavy atom. The molecule has 0 saturated carbocycles. The Hall–Kier alpha value is -3.73. The predicted octanol–water partition coefficient (Wildman–Crippen LogP) is 3.02. The van der Waals surface area contributed by atoms with Crippen molar-refractivity contribution in [3.05, 3.63) is 65.3 Å². The molecule has 0 N–H and O–H groups in total. The molecule has 1 aliphatic heterocycles. The minimum atomic E-state index is -0.424. The summed E-state index contributed by atoms with van der Waals surface area (Å²) in [5.74, 6) is 0.389. The monoisotopic (exact) mass is 391 g/mol. The van der Waals surface area contributed by atoms with Crippen LogP contribution in [0, 0.1) is 24.1 Å². The van der Waals surface area contributed by atoms with E-state index in [1.54, 1.807) is 42.2 Å². The standard InChI is InChI=1S/C21H18FN5O2/c1-14-24-20(25-29-14)16-3-2-4-17(12-16)21(28)27-9-7-26(8-10-27)19-6-5-15(13-23)11-18(19)22/h2-6,11-12H,7-10H2,1H3. The molecule has 2 heterocycles. The molecule has 146 valence electrons. The van der Waals surface area contributed by atoms with E-state index < -0.39 is 5.82 Å². The number of nitrogens with zero attached hydrogens (tertiary/aromatic N) is 5. The van der Waals surface area contributed by atoms with Crippen LogP contribution in [0.2, 0.25) is 0 Å². The predicted molar refractivity (Wildman–Crippen MR) is 104 cm³/mol. The zero-order valence-corrected chi connectivity index (χ0v) is 15.8. The van der Waals surface area contributed by atoms with Crippen LogP contribution in [0.3, 0.4) is 0 Å². The van der Waals surface area contributed by atoms with Crippen molar-refractivity contribution in [2.24, 2.45) is 0 Å². The van der Waals surface area contributed by atoms with Crippen molar-refractivity contribution in [2.45, 2.75) is 6.92 Å². The second kappa shape index (κ2) is 7.72. The Labute approximate surface area is 167 Å². The summed E-state index contributed by atoms with van der Waals surface area (Å²) in [6, 6.07) is 13.5. The van der Waals surface area contributed by atoms with E-state index in [9.17, 15) is 9.18 Å². The molecular formula is C21H18FN5O2. The van der Waals surface area contributed by atoms with Crippen LogP contribution >= 0.6 is 0 Å². The SMILES string of the molecule is Cc1nc(-c2cccc(C(=O)N3CCN(c4ccc(C#N)cc4F)CC3)c2)no1. The number of carbonyl (C=O) groups is 1. The number of hydrogen-bond acceptors (Lipinski definition) is 6. The highest BCUT2D eigenvalue weighted by Crippen LogP contribution is 2.23. The third kappa shape index (κ3) is 3.80. The zero-order chi connectivity index (χ0) is 20.4. The number of aryl methyl sites for hydroxylation is 1. The number of hydrogen-bond donors (Lipinski definition) is 0. The molecule has 29 heavy (non-hydrogen) atoms. The molecule has 7 nitrogen and oxygen atoms in total. The van der Waals surface area contributed by atoms with Gasteiger partial charge in [0.25, 0.3) is 5.91 Å². The Morgan fingerprint density at radius 2 is 1.97 bits per heavy atom. The van der Waals surface area contributed by atoms with E-state index in [-0.39, 0.29) is 11.5 Å². The van der Waals surface area contributed by atoms with Gasteiger partial charge < -0.3 is 14.3 Å². The number of nitriles is 1. The van der Waals surface area contributed by atoms with E-state index in [4.69, 9.17) is 9.78 Å². The summed E-state index contributed by atoms with van der Waals surface area (Å²) in [5.41, 5.74) is 2.00. The fraction of sp³-hybridized carbons (Fsp3) is 0.238. The van der Waals surface area contributed by atoms with Gasteiger partial charge in [0.2, 0.25) is 11.7 Å². The molecule has 0 atom stereocenters. The van der Waals surface area contributed by atoms with E-state index in [1.165, 1.54) is 6.07 Å². The van der Waals surface area contributed by atoms with Crippen molar-refractivity contribution in [3.63, 3.8) is 0 Å². The quantitative estimate of drug-likeness (QED) is 0.682. The lowest BCUT2D eigenvalue weighted by Crippen LogP contribution is -2.49. The number of halogens is 1. The van der Waals surface area contributed by atoms with Crippen molar-refractivity contribution in [2.75, 3.05) is 31.1 Å². The van der Waals surface area contributed by atoms with Gasteiger partial charge in [-0.25, -0.2) is 4.39 Å². The van der Waals surface area contributed by atoms with Crippen LogP contribution in [0.5, 0.6) is 0 Å². The van der Waals surface area contributed by atoms with E-state index >= 15 is 0 Å². The van der Waals surface area contributed by atoms with Crippen LogP contribution in [-0.4, -0.2) is 47.1 Å². The normalized spacial score (nSPS) is 14.0. The maximum atomic E-state index is 14.3.